The zero-order chi connectivity index (χ0) is 11.4. The normalized spacial score (nSPS) is 10.3. The van der Waals surface area contributed by atoms with Crippen LogP contribution >= 0.6 is 0 Å². The van der Waals surface area contributed by atoms with Crippen LogP contribution in [0.3, 0.4) is 0 Å². The summed E-state index contributed by atoms with van der Waals surface area (Å²) in [7, 11) is 0. The average Bonchev–Trinajstić information content (AvgIpc) is 2.28. The summed E-state index contributed by atoms with van der Waals surface area (Å²) in [5.74, 6) is 1.34. The summed E-state index contributed by atoms with van der Waals surface area (Å²) < 4.78 is 0. The van der Waals surface area contributed by atoms with Crippen LogP contribution in [0.1, 0.15) is 17.0 Å². The van der Waals surface area contributed by atoms with E-state index in [0.29, 0.717) is 5.82 Å². The van der Waals surface area contributed by atoms with Gasteiger partial charge in [0.1, 0.15) is 11.6 Å². The van der Waals surface area contributed by atoms with E-state index in [1.807, 2.05) is 0 Å². The largest absolute Gasteiger partial charge is 0.384 e. The van der Waals surface area contributed by atoms with Crippen molar-refractivity contribution in [3.63, 3.8) is 0 Å². The van der Waals surface area contributed by atoms with E-state index in [1.54, 1.807) is 12.3 Å². The first-order valence-electron chi connectivity index (χ1n) is 5.37. The molecule has 1 aromatic carbocycles. The molecule has 0 fully saturated rings. The molecule has 0 unspecified atom stereocenters. The van der Waals surface area contributed by atoms with Crippen LogP contribution in [0.5, 0.6) is 0 Å². The zero-order valence-electron chi connectivity index (χ0n) is 9.35. The van der Waals surface area contributed by atoms with Crippen molar-refractivity contribution in [3.05, 3.63) is 53.5 Å². The second kappa shape index (κ2) is 4.75. The van der Waals surface area contributed by atoms with Gasteiger partial charge in [-0.3, -0.25) is 0 Å². The number of nitrogens with two attached hydrogens (primary N) is 1. The summed E-state index contributed by atoms with van der Waals surface area (Å²) in [6.07, 6.45) is 3.48. The van der Waals surface area contributed by atoms with E-state index in [9.17, 15) is 0 Å². The number of anilines is 1. The molecule has 0 bridgehead atoms. The topological polar surface area (TPSA) is 51.8 Å². The van der Waals surface area contributed by atoms with Crippen molar-refractivity contribution in [1.29, 1.82) is 0 Å². The minimum Gasteiger partial charge on any atom is -0.384 e. The monoisotopic (exact) mass is 213 g/mol. The van der Waals surface area contributed by atoms with Crippen LogP contribution in [0, 0.1) is 6.92 Å². The molecule has 2 N–H and O–H groups in total. The van der Waals surface area contributed by atoms with E-state index in [4.69, 9.17) is 5.73 Å². The SMILES string of the molecule is Cc1ccc(CCc2nccc(N)n2)cc1. The van der Waals surface area contributed by atoms with Crippen molar-refractivity contribution in [1.82, 2.24) is 9.97 Å². The molecule has 16 heavy (non-hydrogen) atoms. The van der Waals surface area contributed by atoms with E-state index in [-0.39, 0.29) is 0 Å². The Morgan fingerprint density at radius 1 is 1.06 bits per heavy atom. The molecule has 2 rings (SSSR count). The predicted octanol–water partition coefficient (Wildman–Crippen LogP) is 2.15. The smallest absolute Gasteiger partial charge is 0.130 e. The van der Waals surface area contributed by atoms with Crippen LogP contribution in [0.4, 0.5) is 5.82 Å². The molecule has 1 aromatic heterocycles. The zero-order valence-corrected chi connectivity index (χ0v) is 9.35. The highest BCUT2D eigenvalue weighted by Gasteiger charge is 1.98. The molecular formula is C13H15N3. The minimum absolute atomic E-state index is 0.536. The van der Waals surface area contributed by atoms with Gasteiger partial charge >= 0.3 is 0 Å². The molecule has 82 valence electrons. The third-order valence-corrected chi connectivity index (χ3v) is 2.48. The molecule has 0 aliphatic rings. The molecule has 0 amide bonds. The van der Waals surface area contributed by atoms with Crippen molar-refractivity contribution in [3.8, 4) is 0 Å². The third-order valence-electron chi connectivity index (χ3n) is 2.48. The lowest BCUT2D eigenvalue weighted by atomic mass is 10.1. The molecule has 3 heteroatoms. The summed E-state index contributed by atoms with van der Waals surface area (Å²) in [6.45, 7) is 2.09. The van der Waals surface area contributed by atoms with Crippen molar-refractivity contribution in [2.75, 3.05) is 5.73 Å². The van der Waals surface area contributed by atoms with Gasteiger partial charge in [0.2, 0.25) is 0 Å². The van der Waals surface area contributed by atoms with Gasteiger partial charge in [0.05, 0.1) is 0 Å². The molecule has 0 radical (unpaired) electrons. The average molecular weight is 213 g/mol. The molecule has 0 atom stereocenters. The Labute approximate surface area is 95.4 Å². The van der Waals surface area contributed by atoms with Gasteiger partial charge in [-0.1, -0.05) is 29.8 Å². The molecule has 3 nitrogen and oxygen atoms in total. The van der Waals surface area contributed by atoms with Gasteiger partial charge in [0, 0.05) is 12.6 Å². The van der Waals surface area contributed by atoms with Crippen molar-refractivity contribution >= 4 is 5.82 Å². The van der Waals surface area contributed by atoms with Crippen LogP contribution < -0.4 is 5.73 Å². The maximum Gasteiger partial charge on any atom is 0.130 e. The summed E-state index contributed by atoms with van der Waals surface area (Å²) in [6, 6.07) is 10.2. The van der Waals surface area contributed by atoms with Crippen molar-refractivity contribution < 1.29 is 0 Å². The molecule has 0 aliphatic carbocycles. The van der Waals surface area contributed by atoms with Gasteiger partial charge in [-0.05, 0) is 25.0 Å². The van der Waals surface area contributed by atoms with E-state index in [1.165, 1.54) is 11.1 Å². The number of nitrogen functional groups attached to an aromatic ring is 1. The number of aromatic nitrogens is 2. The number of rotatable bonds is 3. The lowest BCUT2D eigenvalue weighted by molar-refractivity contribution is 0.861. The predicted molar refractivity (Wildman–Crippen MR) is 65.0 cm³/mol. The van der Waals surface area contributed by atoms with Crippen LogP contribution in [-0.2, 0) is 12.8 Å². The second-order valence-electron chi connectivity index (χ2n) is 3.88. The fraction of sp³-hybridized carbons (Fsp3) is 0.231. The Balaban J connectivity index is 1.99. The van der Waals surface area contributed by atoms with Crippen LogP contribution in [0.25, 0.3) is 0 Å². The molecule has 1 heterocycles. The Kier molecular flexibility index (Phi) is 3.15. The van der Waals surface area contributed by atoms with E-state index in [2.05, 4.69) is 41.2 Å². The first-order chi connectivity index (χ1) is 7.74. The van der Waals surface area contributed by atoms with Gasteiger partial charge in [-0.15, -0.1) is 0 Å². The molecule has 0 spiro atoms. The fourth-order valence-corrected chi connectivity index (χ4v) is 1.55. The Morgan fingerprint density at radius 2 is 1.81 bits per heavy atom. The molecule has 0 saturated heterocycles. The molecule has 0 saturated carbocycles. The molecule has 2 aromatic rings. The maximum atomic E-state index is 5.60. The summed E-state index contributed by atoms with van der Waals surface area (Å²) >= 11 is 0. The number of hydrogen-bond donors (Lipinski definition) is 1. The van der Waals surface area contributed by atoms with Crippen LogP contribution in [0.2, 0.25) is 0 Å². The van der Waals surface area contributed by atoms with Gasteiger partial charge in [0.25, 0.3) is 0 Å². The number of benzene rings is 1. The Bertz CT molecular complexity index is 463. The molecule has 0 aliphatic heterocycles. The van der Waals surface area contributed by atoms with Gasteiger partial charge in [0.15, 0.2) is 0 Å². The number of hydrogen-bond acceptors (Lipinski definition) is 3. The van der Waals surface area contributed by atoms with Crippen LogP contribution in [-0.4, -0.2) is 9.97 Å². The first kappa shape index (κ1) is 10.6. The van der Waals surface area contributed by atoms with Crippen molar-refractivity contribution in [2.45, 2.75) is 19.8 Å². The van der Waals surface area contributed by atoms with Crippen molar-refractivity contribution in [2.24, 2.45) is 0 Å². The Hall–Kier alpha value is -1.90. The highest BCUT2D eigenvalue weighted by atomic mass is 14.9. The van der Waals surface area contributed by atoms with Gasteiger partial charge < -0.3 is 5.73 Å². The van der Waals surface area contributed by atoms with E-state index in [0.717, 1.165) is 18.7 Å². The van der Waals surface area contributed by atoms with Gasteiger partial charge in [-0.2, -0.15) is 0 Å². The fourth-order valence-electron chi connectivity index (χ4n) is 1.55. The molecular weight excluding hydrogens is 198 g/mol. The highest BCUT2D eigenvalue weighted by molar-refractivity contribution is 5.26. The maximum absolute atomic E-state index is 5.60. The summed E-state index contributed by atoms with van der Waals surface area (Å²) in [5.41, 5.74) is 8.18. The standard InChI is InChI=1S/C13H15N3/c1-10-2-4-11(5-3-10)6-7-13-15-9-8-12(14)16-13/h2-5,8-9H,6-7H2,1H3,(H2,14,15,16). The van der Waals surface area contributed by atoms with Gasteiger partial charge in [-0.25, -0.2) is 9.97 Å². The third kappa shape index (κ3) is 2.79. The second-order valence-corrected chi connectivity index (χ2v) is 3.88. The van der Waals surface area contributed by atoms with Crippen LogP contribution in [0.15, 0.2) is 36.5 Å². The quantitative estimate of drug-likeness (QED) is 0.850. The lowest BCUT2D eigenvalue weighted by Crippen LogP contribution is -2.00. The number of aryl methyl sites for hydroxylation is 3. The first-order valence-corrected chi connectivity index (χ1v) is 5.37. The Morgan fingerprint density at radius 3 is 2.50 bits per heavy atom. The minimum atomic E-state index is 0.536. The lowest BCUT2D eigenvalue weighted by Gasteiger charge is -2.02. The van der Waals surface area contributed by atoms with E-state index < -0.39 is 0 Å². The highest BCUT2D eigenvalue weighted by Crippen LogP contribution is 2.07. The summed E-state index contributed by atoms with van der Waals surface area (Å²) in [4.78, 5) is 8.35. The summed E-state index contributed by atoms with van der Waals surface area (Å²) in [5, 5.41) is 0. The van der Waals surface area contributed by atoms with E-state index >= 15 is 0 Å². The number of nitrogens with zero attached hydrogens (tertiary/aromatic N) is 2.